The number of benzene rings is 1. The minimum atomic E-state index is 0.319. The van der Waals surface area contributed by atoms with E-state index in [1.54, 1.807) is 0 Å². The molecule has 0 aliphatic carbocycles. The summed E-state index contributed by atoms with van der Waals surface area (Å²) in [6.45, 7) is 15.2. The molecule has 156 valence electrons. The molecule has 2 aliphatic rings. The quantitative estimate of drug-likeness (QED) is 0.520. The van der Waals surface area contributed by atoms with E-state index in [0.29, 0.717) is 12.8 Å². The summed E-state index contributed by atoms with van der Waals surface area (Å²) in [5.41, 5.74) is 1.23. The topological polar surface area (TPSA) is 61.4 Å². The zero-order valence-corrected chi connectivity index (χ0v) is 17.5. The van der Waals surface area contributed by atoms with Gasteiger partial charge in [0.2, 0.25) is 6.79 Å². The number of hydrogen-bond acceptors (Lipinski definition) is 5. The summed E-state index contributed by atoms with van der Waals surface area (Å²) in [6, 6.07) is 6.60. The highest BCUT2D eigenvalue weighted by Crippen LogP contribution is 2.32. The second-order valence-corrected chi connectivity index (χ2v) is 7.40. The van der Waals surface area contributed by atoms with Crippen LogP contribution in [0.3, 0.4) is 0 Å². The van der Waals surface area contributed by atoms with Crippen LogP contribution < -0.4 is 20.1 Å². The number of likely N-dealkylation sites (N-methyl/N-ethyl adjacent to an activating group) is 1. The van der Waals surface area contributed by atoms with Crippen molar-refractivity contribution < 1.29 is 9.47 Å². The minimum absolute atomic E-state index is 0.319. The van der Waals surface area contributed by atoms with Crippen molar-refractivity contribution in [2.45, 2.75) is 33.2 Å². The van der Waals surface area contributed by atoms with Gasteiger partial charge >= 0.3 is 0 Å². The van der Waals surface area contributed by atoms with Crippen LogP contribution in [0.15, 0.2) is 23.2 Å². The summed E-state index contributed by atoms with van der Waals surface area (Å²) in [5, 5.41) is 6.80. The predicted molar refractivity (Wildman–Crippen MR) is 113 cm³/mol. The number of piperazine rings is 1. The average Bonchev–Trinajstić information content (AvgIpc) is 3.19. The van der Waals surface area contributed by atoms with Gasteiger partial charge < -0.3 is 25.0 Å². The molecule has 2 heterocycles. The van der Waals surface area contributed by atoms with Crippen LogP contribution in [0.5, 0.6) is 11.5 Å². The monoisotopic (exact) mass is 389 g/mol. The van der Waals surface area contributed by atoms with Crippen molar-refractivity contribution in [2.75, 3.05) is 59.2 Å². The molecular formula is C21H35N5O2. The molecule has 1 atom stereocenters. The van der Waals surface area contributed by atoms with Crippen LogP contribution in [-0.2, 0) is 6.42 Å². The van der Waals surface area contributed by atoms with E-state index in [-0.39, 0.29) is 0 Å². The van der Waals surface area contributed by atoms with Crippen molar-refractivity contribution in [1.29, 1.82) is 0 Å². The zero-order chi connectivity index (χ0) is 19.8. The highest BCUT2D eigenvalue weighted by molar-refractivity contribution is 5.79. The molecule has 1 aromatic carbocycles. The van der Waals surface area contributed by atoms with Gasteiger partial charge in [-0.05, 0) is 44.5 Å². The lowest BCUT2D eigenvalue weighted by Crippen LogP contribution is -2.50. The number of hydrogen-bond donors (Lipinski definition) is 2. The lowest BCUT2D eigenvalue weighted by atomic mass is 10.1. The van der Waals surface area contributed by atoms with E-state index in [2.05, 4.69) is 53.3 Å². The number of ether oxygens (including phenoxy) is 2. The maximum atomic E-state index is 5.46. The molecule has 7 nitrogen and oxygen atoms in total. The Kier molecular flexibility index (Phi) is 7.80. The Balaban J connectivity index is 1.44. The first-order valence-corrected chi connectivity index (χ1v) is 10.6. The summed E-state index contributed by atoms with van der Waals surface area (Å²) in [4.78, 5) is 9.87. The van der Waals surface area contributed by atoms with Crippen LogP contribution in [-0.4, -0.2) is 81.0 Å². The molecule has 28 heavy (non-hydrogen) atoms. The molecule has 3 rings (SSSR count). The van der Waals surface area contributed by atoms with E-state index in [9.17, 15) is 0 Å². The Bertz CT molecular complexity index is 644. The van der Waals surface area contributed by atoms with E-state index in [1.807, 2.05) is 6.07 Å². The summed E-state index contributed by atoms with van der Waals surface area (Å²) in [6.07, 6.45) is 0.912. The third-order valence-corrected chi connectivity index (χ3v) is 5.48. The Morgan fingerprint density at radius 1 is 1.11 bits per heavy atom. The predicted octanol–water partition coefficient (Wildman–Crippen LogP) is 1.54. The van der Waals surface area contributed by atoms with Gasteiger partial charge in [-0.2, -0.15) is 0 Å². The van der Waals surface area contributed by atoms with Crippen molar-refractivity contribution in [3.05, 3.63) is 23.8 Å². The van der Waals surface area contributed by atoms with E-state index in [0.717, 1.165) is 63.1 Å². The van der Waals surface area contributed by atoms with Crippen LogP contribution in [0.1, 0.15) is 26.3 Å². The zero-order valence-electron chi connectivity index (χ0n) is 17.5. The number of aliphatic imine (C=N–C) groups is 1. The molecule has 1 aromatic rings. The fourth-order valence-electron chi connectivity index (χ4n) is 3.62. The maximum Gasteiger partial charge on any atom is 0.231 e. The third kappa shape index (κ3) is 5.75. The Morgan fingerprint density at radius 3 is 2.64 bits per heavy atom. The first-order chi connectivity index (χ1) is 13.7. The van der Waals surface area contributed by atoms with Crippen LogP contribution in [0.4, 0.5) is 0 Å². The maximum absolute atomic E-state index is 5.46. The normalized spacial score (nSPS) is 18.9. The van der Waals surface area contributed by atoms with E-state index in [1.165, 1.54) is 18.7 Å². The standard InChI is InChI=1S/C21H35N5O2/c1-4-22-21(24-15-17(3)26-12-10-25(5-2)11-13-26)23-9-8-18-6-7-19-20(14-18)28-16-27-19/h6-7,14,17H,4-5,8-13,15-16H2,1-3H3,(H2,22,23,24). The first-order valence-electron chi connectivity index (χ1n) is 10.6. The smallest absolute Gasteiger partial charge is 0.231 e. The van der Waals surface area contributed by atoms with Crippen molar-refractivity contribution in [3.63, 3.8) is 0 Å². The van der Waals surface area contributed by atoms with Crippen LogP contribution in [0.2, 0.25) is 0 Å². The number of nitrogens with zero attached hydrogens (tertiary/aromatic N) is 3. The summed E-state index contributed by atoms with van der Waals surface area (Å²) >= 11 is 0. The largest absolute Gasteiger partial charge is 0.454 e. The number of fused-ring (bicyclic) bond motifs is 1. The first kappa shape index (κ1) is 20.7. The van der Waals surface area contributed by atoms with Gasteiger partial charge in [0, 0.05) is 45.3 Å². The molecule has 0 saturated carbocycles. The van der Waals surface area contributed by atoms with Crippen molar-refractivity contribution in [2.24, 2.45) is 4.99 Å². The fourth-order valence-corrected chi connectivity index (χ4v) is 3.62. The number of nitrogens with one attached hydrogen (secondary N) is 2. The SMILES string of the molecule is CCNC(=NCC(C)N1CCN(CC)CC1)NCCc1ccc2c(c1)OCO2. The minimum Gasteiger partial charge on any atom is -0.454 e. The second kappa shape index (κ2) is 10.5. The van der Waals surface area contributed by atoms with Gasteiger partial charge in [-0.15, -0.1) is 0 Å². The molecule has 2 aliphatic heterocycles. The van der Waals surface area contributed by atoms with Gasteiger partial charge in [-0.25, -0.2) is 0 Å². The lowest BCUT2D eigenvalue weighted by molar-refractivity contribution is 0.109. The molecule has 1 unspecified atom stereocenters. The van der Waals surface area contributed by atoms with Gasteiger partial charge in [0.25, 0.3) is 0 Å². The molecular weight excluding hydrogens is 354 g/mol. The van der Waals surface area contributed by atoms with Crippen molar-refractivity contribution in [1.82, 2.24) is 20.4 Å². The molecule has 0 aromatic heterocycles. The molecule has 0 bridgehead atoms. The number of rotatable bonds is 8. The number of guanidine groups is 1. The lowest BCUT2D eigenvalue weighted by Gasteiger charge is -2.37. The van der Waals surface area contributed by atoms with E-state index >= 15 is 0 Å². The summed E-state index contributed by atoms with van der Waals surface area (Å²) in [5.74, 6) is 2.57. The molecule has 0 radical (unpaired) electrons. The van der Waals surface area contributed by atoms with Gasteiger partial charge in [-0.3, -0.25) is 9.89 Å². The van der Waals surface area contributed by atoms with Crippen LogP contribution >= 0.6 is 0 Å². The van der Waals surface area contributed by atoms with Crippen LogP contribution in [0, 0.1) is 0 Å². The fraction of sp³-hybridized carbons (Fsp3) is 0.667. The van der Waals surface area contributed by atoms with Gasteiger partial charge in [0.05, 0.1) is 6.54 Å². The van der Waals surface area contributed by atoms with Crippen LogP contribution in [0.25, 0.3) is 0 Å². The molecule has 0 amide bonds. The summed E-state index contributed by atoms with van der Waals surface area (Å²) < 4.78 is 10.8. The highest BCUT2D eigenvalue weighted by Gasteiger charge is 2.20. The molecule has 2 N–H and O–H groups in total. The summed E-state index contributed by atoms with van der Waals surface area (Å²) in [7, 11) is 0. The molecule has 1 saturated heterocycles. The Hall–Kier alpha value is -1.99. The molecule has 1 fully saturated rings. The third-order valence-electron chi connectivity index (χ3n) is 5.48. The van der Waals surface area contributed by atoms with E-state index in [4.69, 9.17) is 14.5 Å². The molecule has 0 spiro atoms. The Morgan fingerprint density at radius 2 is 1.89 bits per heavy atom. The van der Waals surface area contributed by atoms with Crippen molar-refractivity contribution in [3.8, 4) is 11.5 Å². The van der Waals surface area contributed by atoms with Gasteiger partial charge in [0.1, 0.15) is 0 Å². The Labute approximate surface area is 169 Å². The van der Waals surface area contributed by atoms with E-state index < -0.39 is 0 Å². The van der Waals surface area contributed by atoms with Gasteiger partial charge in [0.15, 0.2) is 17.5 Å². The average molecular weight is 390 g/mol. The second-order valence-electron chi connectivity index (χ2n) is 7.40. The highest BCUT2D eigenvalue weighted by atomic mass is 16.7. The van der Waals surface area contributed by atoms with Crippen molar-refractivity contribution >= 4 is 5.96 Å². The molecule has 7 heteroatoms. The van der Waals surface area contributed by atoms with Gasteiger partial charge in [-0.1, -0.05) is 13.0 Å².